The Bertz CT molecular complexity index is 1070. The van der Waals surface area contributed by atoms with Crippen molar-refractivity contribution in [2.24, 2.45) is 5.73 Å². The number of rotatable bonds is 4. The Labute approximate surface area is 160 Å². The van der Waals surface area contributed by atoms with Gasteiger partial charge in [-0.15, -0.1) is 0 Å². The molecule has 0 unspecified atom stereocenters. The topological polar surface area (TPSA) is 64.9 Å². The van der Waals surface area contributed by atoms with Crippen molar-refractivity contribution in [3.8, 4) is 11.3 Å². The highest BCUT2D eigenvalue weighted by atomic mass is 79.9. The zero-order valence-corrected chi connectivity index (χ0v) is 15.9. The van der Waals surface area contributed by atoms with Gasteiger partial charge < -0.3 is 10.3 Å². The zero-order chi connectivity index (χ0) is 18.1. The minimum absolute atomic E-state index is 0.192. The Morgan fingerprint density at radius 3 is 2.69 bits per heavy atom. The number of nitrogens with two attached hydrogens (primary N) is 1. The molecule has 0 aliphatic heterocycles. The van der Waals surface area contributed by atoms with Crippen molar-refractivity contribution < 1.29 is 4.52 Å². The second-order valence-electron chi connectivity index (χ2n) is 6.32. The van der Waals surface area contributed by atoms with Crippen molar-refractivity contribution in [3.05, 3.63) is 82.1 Å². The van der Waals surface area contributed by atoms with E-state index in [4.69, 9.17) is 10.3 Å². The van der Waals surface area contributed by atoms with Crippen LogP contribution in [-0.4, -0.2) is 10.1 Å². The Hall–Kier alpha value is -2.50. The number of hydrogen-bond acceptors (Lipinski definition) is 4. The number of aromatic nitrogens is 2. The van der Waals surface area contributed by atoms with Crippen LogP contribution in [0.4, 0.5) is 0 Å². The summed E-state index contributed by atoms with van der Waals surface area (Å²) in [4.78, 5) is 4.58. The highest BCUT2D eigenvalue weighted by Gasteiger charge is 2.18. The normalized spacial score (nSPS) is 12.4. The summed E-state index contributed by atoms with van der Waals surface area (Å²) in [5, 5.41) is 5.28. The summed E-state index contributed by atoms with van der Waals surface area (Å²) in [7, 11) is 0. The number of para-hydroxylation sites is 1. The molecule has 2 aromatic heterocycles. The molecular weight excluding hydrogens is 390 g/mol. The van der Waals surface area contributed by atoms with Crippen LogP contribution in [0.25, 0.3) is 22.2 Å². The van der Waals surface area contributed by atoms with Gasteiger partial charge in [-0.3, -0.25) is 0 Å². The summed E-state index contributed by atoms with van der Waals surface area (Å²) in [6.45, 7) is 2.05. The molecule has 130 valence electrons. The van der Waals surface area contributed by atoms with Gasteiger partial charge in [-0.1, -0.05) is 47.6 Å². The molecule has 0 bridgehead atoms. The summed E-state index contributed by atoms with van der Waals surface area (Å²) in [5.74, 6) is 0. The lowest BCUT2D eigenvalue weighted by Crippen LogP contribution is -2.16. The molecule has 4 aromatic rings. The average Bonchev–Trinajstić information content (AvgIpc) is 3.08. The van der Waals surface area contributed by atoms with Crippen molar-refractivity contribution in [2.75, 3.05) is 0 Å². The van der Waals surface area contributed by atoms with Gasteiger partial charge in [0.2, 0.25) is 0 Å². The molecule has 2 aromatic carbocycles. The van der Waals surface area contributed by atoms with E-state index >= 15 is 0 Å². The minimum atomic E-state index is -0.192. The summed E-state index contributed by atoms with van der Waals surface area (Å²) < 4.78 is 6.30. The number of aryl methyl sites for hydroxylation is 1. The van der Waals surface area contributed by atoms with Gasteiger partial charge in [0, 0.05) is 29.1 Å². The second-order valence-corrected chi connectivity index (χ2v) is 7.14. The van der Waals surface area contributed by atoms with Gasteiger partial charge in [0.1, 0.15) is 10.3 Å². The molecule has 0 aliphatic rings. The van der Waals surface area contributed by atoms with Crippen LogP contribution in [0.15, 0.2) is 69.8 Å². The van der Waals surface area contributed by atoms with Crippen LogP contribution >= 0.6 is 15.9 Å². The Balaban J connectivity index is 1.75. The van der Waals surface area contributed by atoms with E-state index in [0.29, 0.717) is 6.42 Å². The van der Waals surface area contributed by atoms with E-state index in [1.807, 2.05) is 48.5 Å². The summed E-state index contributed by atoms with van der Waals surface area (Å²) >= 11 is 3.44. The van der Waals surface area contributed by atoms with E-state index in [9.17, 15) is 0 Å². The van der Waals surface area contributed by atoms with Gasteiger partial charge >= 0.3 is 0 Å². The zero-order valence-electron chi connectivity index (χ0n) is 14.3. The van der Waals surface area contributed by atoms with Crippen molar-refractivity contribution in [1.82, 2.24) is 10.1 Å². The van der Waals surface area contributed by atoms with Crippen LogP contribution in [0.3, 0.4) is 0 Å². The first-order valence-electron chi connectivity index (χ1n) is 8.45. The second kappa shape index (κ2) is 7.02. The predicted octanol–water partition coefficient (Wildman–Crippen LogP) is 5.20. The molecular formula is C21H18BrN3O. The Morgan fingerprint density at radius 1 is 1.04 bits per heavy atom. The number of benzene rings is 2. The van der Waals surface area contributed by atoms with E-state index in [1.165, 1.54) is 0 Å². The molecule has 26 heavy (non-hydrogen) atoms. The highest BCUT2D eigenvalue weighted by Crippen LogP contribution is 2.33. The lowest BCUT2D eigenvalue weighted by atomic mass is 9.93. The van der Waals surface area contributed by atoms with Crippen molar-refractivity contribution in [1.29, 1.82) is 0 Å². The molecule has 0 radical (unpaired) electrons. The smallest absolute Gasteiger partial charge is 0.167 e. The number of pyridine rings is 1. The summed E-state index contributed by atoms with van der Waals surface area (Å²) in [6.07, 6.45) is 0.651. The van der Waals surface area contributed by atoms with Crippen LogP contribution in [0.1, 0.15) is 22.9 Å². The number of halogens is 1. The van der Waals surface area contributed by atoms with E-state index < -0.39 is 0 Å². The standard InChI is InChI=1S/C21H18BrN3O/c1-13-10-11-20(22)24-18(13)12-17(23)14-6-2-3-7-15(14)21-16-8-4-5-9-19(16)26-25-21/h2-11,17H,12,23H2,1H3/t17-/m0/s1. The summed E-state index contributed by atoms with van der Waals surface area (Å²) in [6, 6.07) is 19.8. The molecule has 2 N–H and O–H groups in total. The molecule has 4 nitrogen and oxygen atoms in total. The van der Waals surface area contributed by atoms with Crippen LogP contribution in [-0.2, 0) is 6.42 Å². The third-order valence-electron chi connectivity index (χ3n) is 4.57. The molecule has 2 heterocycles. The third kappa shape index (κ3) is 3.16. The van der Waals surface area contributed by atoms with Gasteiger partial charge in [-0.2, -0.15) is 0 Å². The van der Waals surface area contributed by atoms with Crippen LogP contribution < -0.4 is 5.73 Å². The fourth-order valence-corrected chi connectivity index (χ4v) is 3.53. The van der Waals surface area contributed by atoms with Gasteiger partial charge in [0.25, 0.3) is 0 Å². The maximum Gasteiger partial charge on any atom is 0.167 e. The fraction of sp³-hybridized carbons (Fsp3) is 0.143. The molecule has 5 heteroatoms. The molecule has 0 aliphatic carbocycles. The van der Waals surface area contributed by atoms with Gasteiger partial charge in [-0.25, -0.2) is 4.98 Å². The molecule has 0 amide bonds. The lowest BCUT2D eigenvalue weighted by molar-refractivity contribution is 0.459. The number of fused-ring (bicyclic) bond motifs is 1. The van der Waals surface area contributed by atoms with Crippen LogP contribution in [0.2, 0.25) is 0 Å². The van der Waals surface area contributed by atoms with Crippen molar-refractivity contribution in [2.45, 2.75) is 19.4 Å². The Morgan fingerprint density at radius 2 is 1.81 bits per heavy atom. The SMILES string of the molecule is Cc1ccc(Br)nc1C[C@H](N)c1ccccc1-c1noc2ccccc12. The van der Waals surface area contributed by atoms with Crippen molar-refractivity contribution in [3.63, 3.8) is 0 Å². The summed E-state index contributed by atoms with van der Waals surface area (Å²) in [5.41, 5.74) is 12.3. The predicted molar refractivity (Wildman–Crippen MR) is 107 cm³/mol. The fourth-order valence-electron chi connectivity index (χ4n) is 3.19. The molecule has 0 fully saturated rings. The Kier molecular flexibility index (Phi) is 4.57. The molecule has 1 atom stereocenters. The maximum absolute atomic E-state index is 6.58. The third-order valence-corrected chi connectivity index (χ3v) is 5.02. The van der Waals surface area contributed by atoms with E-state index in [-0.39, 0.29) is 6.04 Å². The first-order chi connectivity index (χ1) is 12.6. The first-order valence-corrected chi connectivity index (χ1v) is 9.24. The van der Waals surface area contributed by atoms with Gasteiger partial charge in [0.05, 0.1) is 0 Å². The van der Waals surface area contributed by atoms with Crippen LogP contribution in [0.5, 0.6) is 0 Å². The molecule has 0 spiro atoms. The van der Waals surface area contributed by atoms with Crippen molar-refractivity contribution >= 4 is 26.9 Å². The minimum Gasteiger partial charge on any atom is -0.356 e. The molecule has 0 saturated heterocycles. The van der Waals surface area contributed by atoms with E-state index in [0.717, 1.165) is 43.7 Å². The maximum atomic E-state index is 6.58. The number of nitrogens with zero attached hydrogens (tertiary/aromatic N) is 2. The quantitative estimate of drug-likeness (QED) is 0.471. The lowest BCUT2D eigenvalue weighted by Gasteiger charge is -2.16. The van der Waals surface area contributed by atoms with Gasteiger partial charge in [-0.05, 0) is 52.2 Å². The molecule has 4 rings (SSSR count). The monoisotopic (exact) mass is 407 g/mol. The largest absolute Gasteiger partial charge is 0.356 e. The van der Waals surface area contributed by atoms with E-state index in [1.54, 1.807) is 0 Å². The highest BCUT2D eigenvalue weighted by molar-refractivity contribution is 9.10. The van der Waals surface area contributed by atoms with Crippen LogP contribution in [0, 0.1) is 6.92 Å². The molecule has 0 saturated carbocycles. The number of hydrogen-bond donors (Lipinski definition) is 1. The average molecular weight is 408 g/mol. The first kappa shape index (κ1) is 16.9. The van der Waals surface area contributed by atoms with Gasteiger partial charge in [0.15, 0.2) is 5.58 Å². The van der Waals surface area contributed by atoms with E-state index in [2.05, 4.69) is 45.1 Å².